The summed E-state index contributed by atoms with van der Waals surface area (Å²) in [6, 6.07) is 8.02. The van der Waals surface area contributed by atoms with Crippen LogP contribution in [0.4, 0.5) is 11.4 Å². The van der Waals surface area contributed by atoms with E-state index in [9.17, 15) is 4.79 Å². The fraction of sp³-hybridized carbons (Fsp3) is 0.267. The van der Waals surface area contributed by atoms with Gasteiger partial charge in [0, 0.05) is 24.7 Å². The van der Waals surface area contributed by atoms with E-state index in [0.717, 1.165) is 23.5 Å². The Morgan fingerprint density at radius 3 is 3.00 bits per heavy atom. The Kier molecular flexibility index (Phi) is 3.36. The molecule has 4 nitrogen and oxygen atoms in total. The number of benzene rings is 1. The van der Waals surface area contributed by atoms with Gasteiger partial charge >= 0.3 is 0 Å². The van der Waals surface area contributed by atoms with Crippen molar-refractivity contribution in [3.8, 4) is 5.75 Å². The average Bonchev–Trinajstić information content (AvgIpc) is 2.94. The summed E-state index contributed by atoms with van der Waals surface area (Å²) < 4.78 is 5.55. The van der Waals surface area contributed by atoms with Crippen molar-refractivity contribution in [1.82, 2.24) is 0 Å². The number of rotatable bonds is 3. The first-order valence-electron chi connectivity index (χ1n) is 6.47. The summed E-state index contributed by atoms with van der Waals surface area (Å²) in [6.07, 6.45) is -0.429. The van der Waals surface area contributed by atoms with Crippen LogP contribution in [0.3, 0.4) is 0 Å². The molecule has 0 saturated heterocycles. The van der Waals surface area contributed by atoms with E-state index in [0.29, 0.717) is 0 Å². The first kappa shape index (κ1) is 13.0. The molecular weight excluding hydrogens is 272 g/mol. The molecule has 20 heavy (non-hydrogen) atoms. The molecule has 0 aliphatic carbocycles. The third kappa shape index (κ3) is 2.49. The number of hydrogen-bond acceptors (Lipinski definition) is 4. The van der Waals surface area contributed by atoms with Crippen LogP contribution in [0.1, 0.15) is 12.5 Å². The van der Waals surface area contributed by atoms with Gasteiger partial charge in [0.1, 0.15) is 5.75 Å². The zero-order valence-electron chi connectivity index (χ0n) is 11.4. The van der Waals surface area contributed by atoms with Gasteiger partial charge in [-0.15, -0.1) is 0 Å². The quantitative estimate of drug-likeness (QED) is 0.943. The Bertz CT molecular complexity index is 625. The molecule has 104 valence electrons. The second-order valence-corrected chi connectivity index (χ2v) is 5.70. The van der Waals surface area contributed by atoms with Gasteiger partial charge in [-0.3, -0.25) is 4.79 Å². The standard InChI is InChI=1S/C15H16N2O2S/c1-10-15(18)16-13-7-11(3-4-14(13)19-10)8-17(2)12-5-6-20-9-12/h3-7,9-10H,8H2,1-2H3,(H,16,18). The third-order valence-electron chi connectivity index (χ3n) is 3.34. The van der Waals surface area contributed by atoms with Gasteiger partial charge in [-0.1, -0.05) is 6.07 Å². The number of thiophene rings is 1. The van der Waals surface area contributed by atoms with Gasteiger partial charge in [0.2, 0.25) is 0 Å². The molecule has 1 aliphatic heterocycles. The van der Waals surface area contributed by atoms with E-state index in [1.165, 1.54) is 5.69 Å². The van der Waals surface area contributed by atoms with Crippen LogP contribution in [0.25, 0.3) is 0 Å². The van der Waals surface area contributed by atoms with Gasteiger partial charge in [0.25, 0.3) is 5.91 Å². The highest BCUT2D eigenvalue weighted by atomic mass is 32.1. The minimum Gasteiger partial charge on any atom is -0.479 e. The minimum absolute atomic E-state index is 0.0964. The monoisotopic (exact) mass is 288 g/mol. The van der Waals surface area contributed by atoms with Crippen molar-refractivity contribution in [2.24, 2.45) is 0 Å². The molecule has 1 amide bonds. The molecule has 0 spiro atoms. The Balaban J connectivity index is 1.79. The summed E-state index contributed by atoms with van der Waals surface area (Å²) in [6.45, 7) is 2.53. The van der Waals surface area contributed by atoms with Crippen molar-refractivity contribution in [2.75, 3.05) is 17.3 Å². The van der Waals surface area contributed by atoms with Crippen LogP contribution in [0.15, 0.2) is 35.0 Å². The minimum atomic E-state index is -0.429. The summed E-state index contributed by atoms with van der Waals surface area (Å²) >= 11 is 1.68. The summed E-state index contributed by atoms with van der Waals surface area (Å²) in [5.74, 6) is 0.639. The molecule has 0 radical (unpaired) electrons. The van der Waals surface area contributed by atoms with Crippen molar-refractivity contribution in [3.05, 3.63) is 40.6 Å². The molecule has 3 rings (SSSR count). The lowest BCUT2D eigenvalue weighted by molar-refractivity contribution is -0.122. The van der Waals surface area contributed by atoms with E-state index in [1.54, 1.807) is 18.3 Å². The van der Waals surface area contributed by atoms with Gasteiger partial charge in [0.05, 0.1) is 5.69 Å². The van der Waals surface area contributed by atoms with Gasteiger partial charge in [-0.2, -0.15) is 11.3 Å². The molecule has 0 fully saturated rings. The lowest BCUT2D eigenvalue weighted by atomic mass is 10.1. The van der Waals surface area contributed by atoms with Crippen LogP contribution in [0.5, 0.6) is 5.75 Å². The smallest absolute Gasteiger partial charge is 0.265 e. The Morgan fingerprint density at radius 2 is 2.25 bits per heavy atom. The molecule has 1 N–H and O–H groups in total. The lowest BCUT2D eigenvalue weighted by Crippen LogP contribution is -2.34. The number of ether oxygens (including phenoxy) is 1. The molecule has 2 heterocycles. The summed E-state index contributed by atoms with van der Waals surface area (Å²) in [5.41, 5.74) is 3.09. The van der Waals surface area contributed by atoms with Gasteiger partial charge < -0.3 is 15.0 Å². The molecule has 1 aliphatic rings. The first-order valence-corrected chi connectivity index (χ1v) is 7.41. The average molecular weight is 288 g/mol. The van der Waals surface area contributed by atoms with Crippen LogP contribution >= 0.6 is 11.3 Å². The highest BCUT2D eigenvalue weighted by molar-refractivity contribution is 7.08. The second-order valence-electron chi connectivity index (χ2n) is 4.92. The number of hydrogen-bond donors (Lipinski definition) is 1. The number of fused-ring (bicyclic) bond motifs is 1. The normalized spacial score (nSPS) is 17.1. The maximum atomic E-state index is 11.6. The summed E-state index contributed by atoms with van der Waals surface area (Å²) in [5, 5.41) is 7.06. The lowest BCUT2D eigenvalue weighted by Gasteiger charge is -2.24. The Hall–Kier alpha value is -2.01. The first-order chi connectivity index (χ1) is 9.63. The largest absolute Gasteiger partial charge is 0.479 e. The van der Waals surface area contributed by atoms with Crippen molar-refractivity contribution >= 4 is 28.6 Å². The predicted octanol–water partition coefficient (Wildman–Crippen LogP) is 3.10. The fourth-order valence-corrected chi connectivity index (χ4v) is 2.89. The molecule has 0 saturated carbocycles. The number of carbonyl (C=O) groups excluding carboxylic acids is 1. The Labute approximate surface area is 122 Å². The van der Waals surface area contributed by atoms with Crippen LogP contribution in [0, 0.1) is 0 Å². The van der Waals surface area contributed by atoms with Crippen molar-refractivity contribution in [2.45, 2.75) is 19.6 Å². The number of nitrogens with one attached hydrogen (secondary N) is 1. The van der Waals surface area contributed by atoms with Gasteiger partial charge in [-0.25, -0.2) is 0 Å². The molecule has 0 bridgehead atoms. The fourth-order valence-electron chi connectivity index (χ4n) is 2.19. The molecule has 1 aromatic heterocycles. The zero-order valence-corrected chi connectivity index (χ0v) is 12.2. The van der Waals surface area contributed by atoms with Crippen LogP contribution in [-0.4, -0.2) is 19.1 Å². The highest BCUT2D eigenvalue weighted by Crippen LogP contribution is 2.31. The van der Waals surface area contributed by atoms with E-state index >= 15 is 0 Å². The van der Waals surface area contributed by atoms with Crippen LogP contribution in [-0.2, 0) is 11.3 Å². The Morgan fingerprint density at radius 1 is 1.40 bits per heavy atom. The van der Waals surface area contributed by atoms with Crippen LogP contribution < -0.4 is 15.0 Å². The molecule has 5 heteroatoms. The van der Waals surface area contributed by atoms with Gasteiger partial charge in [0.15, 0.2) is 6.10 Å². The second kappa shape index (κ2) is 5.17. The summed E-state index contributed by atoms with van der Waals surface area (Å²) in [7, 11) is 2.05. The van der Waals surface area contributed by atoms with E-state index < -0.39 is 6.10 Å². The molecule has 2 aromatic rings. The molecule has 1 aromatic carbocycles. The van der Waals surface area contributed by atoms with E-state index in [4.69, 9.17) is 4.74 Å². The van der Waals surface area contributed by atoms with E-state index in [-0.39, 0.29) is 5.91 Å². The topological polar surface area (TPSA) is 41.6 Å². The molecular formula is C15H16N2O2S. The number of anilines is 2. The number of nitrogens with zero attached hydrogens (tertiary/aromatic N) is 1. The van der Waals surface area contributed by atoms with Crippen LogP contribution in [0.2, 0.25) is 0 Å². The molecule has 1 atom stereocenters. The highest BCUT2D eigenvalue weighted by Gasteiger charge is 2.23. The van der Waals surface area contributed by atoms with Crippen molar-refractivity contribution in [1.29, 1.82) is 0 Å². The number of carbonyl (C=O) groups is 1. The van der Waals surface area contributed by atoms with Crippen molar-refractivity contribution < 1.29 is 9.53 Å². The maximum absolute atomic E-state index is 11.6. The van der Waals surface area contributed by atoms with Crippen molar-refractivity contribution in [3.63, 3.8) is 0 Å². The zero-order chi connectivity index (χ0) is 14.1. The van der Waals surface area contributed by atoms with Gasteiger partial charge in [-0.05, 0) is 36.1 Å². The molecule has 1 unspecified atom stereocenters. The maximum Gasteiger partial charge on any atom is 0.265 e. The summed E-state index contributed by atoms with van der Waals surface area (Å²) in [4.78, 5) is 13.8. The number of amides is 1. The SMILES string of the molecule is CC1Oc2ccc(CN(C)c3ccsc3)cc2NC1=O. The third-order valence-corrected chi connectivity index (χ3v) is 4.01. The van der Waals surface area contributed by atoms with E-state index in [2.05, 4.69) is 34.1 Å². The van der Waals surface area contributed by atoms with E-state index in [1.807, 2.05) is 18.2 Å². The predicted molar refractivity (Wildman–Crippen MR) is 81.6 cm³/mol.